The largest absolute Gasteiger partial charge is 0.507 e. The first-order valence-corrected chi connectivity index (χ1v) is 9.53. The number of rotatable bonds is 3. The summed E-state index contributed by atoms with van der Waals surface area (Å²) in [6, 6.07) is 15.4. The van der Waals surface area contributed by atoms with Gasteiger partial charge in [0.1, 0.15) is 11.2 Å². The van der Waals surface area contributed by atoms with Gasteiger partial charge in [-0.05, 0) is 66.4 Å². The number of aryl methyl sites for hydroxylation is 2. The lowest BCUT2D eigenvalue weighted by Crippen LogP contribution is -2.38. The van der Waals surface area contributed by atoms with Crippen LogP contribution >= 0.6 is 15.9 Å². The zero-order valence-electron chi connectivity index (χ0n) is 15.1. The summed E-state index contributed by atoms with van der Waals surface area (Å²) in [5.74, 6) is 0.186. The molecule has 27 heavy (non-hydrogen) atoms. The number of fused-ring (bicyclic) bond motifs is 1. The smallest absolute Gasteiger partial charge is 0.239 e. The number of hydrogen-bond acceptors (Lipinski definition) is 3. The van der Waals surface area contributed by atoms with Crippen LogP contribution < -0.4 is 5.32 Å². The molecule has 1 aliphatic rings. The van der Waals surface area contributed by atoms with Crippen LogP contribution in [-0.4, -0.2) is 16.0 Å². The molecule has 2 heterocycles. The van der Waals surface area contributed by atoms with Crippen molar-refractivity contribution < 1.29 is 9.90 Å². The number of carbonyl (C=O) groups excluding carboxylic acids is 1. The van der Waals surface area contributed by atoms with E-state index < -0.39 is 5.41 Å². The van der Waals surface area contributed by atoms with Crippen molar-refractivity contribution in [3.05, 3.63) is 87.1 Å². The van der Waals surface area contributed by atoms with Crippen LogP contribution in [0.1, 0.15) is 27.9 Å². The second kappa shape index (κ2) is 6.50. The normalized spacial score (nSPS) is 18.3. The Morgan fingerprint density at radius 2 is 1.85 bits per heavy atom. The van der Waals surface area contributed by atoms with Crippen molar-refractivity contribution in [1.82, 2.24) is 4.98 Å². The minimum absolute atomic E-state index is 0.0780. The molecule has 0 aliphatic carbocycles. The number of nitrogens with zero attached hydrogens (tertiary/aromatic N) is 1. The molecule has 5 heteroatoms. The van der Waals surface area contributed by atoms with Gasteiger partial charge in [-0.15, -0.1) is 0 Å². The van der Waals surface area contributed by atoms with Crippen molar-refractivity contribution in [1.29, 1.82) is 0 Å². The Balaban J connectivity index is 2.00. The predicted octanol–water partition coefficient (Wildman–Crippen LogP) is 4.65. The molecule has 0 saturated carbocycles. The molecule has 2 N–H and O–H groups in total. The second-order valence-electron chi connectivity index (χ2n) is 7.01. The van der Waals surface area contributed by atoms with E-state index in [-0.39, 0.29) is 11.7 Å². The number of hydrogen-bond donors (Lipinski definition) is 2. The van der Waals surface area contributed by atoms with E-state index in [4.69, 9.17) is 0 Å². The maximum Gasteiger partial charge on any atom is 0.239 e. The Labute approximate surface area is 166 Å². The van der Waals surface area contributed by atoms with Gasteiger partial charge in [0, 0.05) is 28.5 Å². The third-order valence-corrected chi connectivity index (χ3v) is 5.73. The van der Waals surface area contributed by atoms with Crippen LogP contribution in [0.25, 0.3) is 0 Å². The quantitative estimate of drug-likeness (QED) is 0.645. The molecule has 136 valence electrons. The fourth-order valence-electron chi connectivity index (χ4n) is 3.87. The maximum atomic E-state index is 13.4. The molecule has 1 atom stereocenters. The second-order valence-corrected chi connectivity index (χ2v) is 7.92. The van der Waals surface area contributed by atoms with Crippen LogP contribution in [-0.2, 0) is 16.6 Å². The SMILES string of the molecule is Cc1cc(C2(Cc3ccccn3)C(=O)Nc3ccc(Br)cc32)cc(C)c1O. The zero-order valence-corrected chi connectivity index (χ0v) is 16.7. The third-order valence-electron chi connectivity index (χ3n) is 5.23. The molecule has 4 rings (SSSR count). The number of aromatic nitrogens is 1. The average Bonchev–Trinajstić information content (AvgIpc) is 2.92. The predicted molar refractivity (Wildman–Crippen MR) is 109 cm³/mol. The molecule has 0 bridgehead atoms. The average molecular weight is 423 g/mol. The minimum atomic E-state index is -0.906. The number of halogens is 1. The third kappa shape index (κ3) is 2.82. The lowest BCUT2D eigenvalue weighted by molar-refractivity contribution is -0.119. The van der Waals surface area contributed by atoms with Gasteiger partial charge in [0.2, 0.25) is 5.91 Å². The Bertz CT molecular complexity index is 1030. The highest BCUT2D eigenvalue weighted by Gasteiger charge is 2.49. The van der Waals surface area contributed by atoms with Gasteiger partial charge in [0.05, 0.1) is 0 Å². The fraction of sp³-hybridized carbons (Fsp3) is 0.182. The summed E-state index contributed by atoms with van der Waals surface area (Å²) in [7, 11) is 0. The van der Waals surface area contributed by atoms with E-state index in [1.165, 1.54) is 0 Å². The summed E-state index contributed by atoms with van der Waals surface area (Å²) >= 11 is 3.54. The molecular weight excluding hydrogens is 404 g/mol. The van der Waals surface area contributed by atoms with E-state index >= 15 is 0 Å². The number of anilines is 1. The Kier molecular flexibility index (Phi) is 4.27. The molecule has 3 aromatic rings. The summed E-state index contributed by atoms with van der Waals surface area (Å²) in [6.45, 7) is 3.71. The molecule has 0 fully saturated rings. The summed E-state index contributed by atoms with van der Waals surface area (Å²) in [4.78, 5) is 17.8. The number of phenols is 1. The Hall–Kier alpha value is -2.66. The fourth-order valence-corrected chi connectivity index (χ4v) is 4.23. The van der Waals surface area contributed by atoms with Gasteiger partial charge in [0.15, 0.2) is 0 Å². The molecule has 1 unspecified atom stereocenters. The van der Waals surface area contributed by atoms with E-state index in [9.17, 15) is 9.90 Å². The highest BCUT2D eigenvalue weighted by molar-refractivity contribution is 9.10. The molecule has 0 saturated heterocycles. The van der Waals surface area contributed by atoms with Crippen molar-refractivity contribution in [2.45, 2.75) is 25.7 Å². The van der Waals surface area contributed by atoms with Crippen molar-refractivity contribution in [3.63, 3.8) is 0 Å². The van der Waals surface area contributed by atoms with Crippen LogP contribution in [0, 0.1) is 13.8 Å². The minimum Gasteiger partial charge on any atom is -0.507 e. The van der Waals surface area contributed by atoms with E-state index in [2.05, 4.69) is 26.2 Å². The van der Waals surface area contributed by atoms with E-state index in [1.807, 2.05) is 62.4 Å². The summed E-state index contributed by atoms with van der Waals surface area (Å²) < 4.78 is 0.912. The van der Waals surface area contributed by atoms with Gasteiger partial charge < -0.3 is 10.4 Å². The summed E-state index contributed by atoms with van der Waals surface area (Å²) in [6.07, 6.45) is 2.18. The lowest BCUT2D eigenvalue weighted by Gasteiger charge is -2.29. The monoisotopic (exact) mass is 422 g/mol. The van der Waals surface area contributed by atoms with E-state index in [0.29, 0.717) is 6.42 Å². The van der Waals surface area contributed by atoms with Gasteiger partial charge in [-0.25, -0.2) is 0 Å². The van der Waals surface area contributed by atoms with Crippen molar-refractivity contribution in [2.75, 3.05) is 5.32 Å². The van der Waals surface area contributed by atoms with Crippen molar-refractivity contribution in [3.8, 4) is 5.75 Å². The molecule has 1 amide bonds. The van der Waals surface area contributed by atoms with Gasteiger partial charge >= 0.3 is 0 Å². The topological polar surface area (TPSA) is 62.2 Å². The van der Waals surface area contributed by atoms with E-state index in [0.717, 1.165) is 38.1 Å². The lowest BCUT2D eigenvalue weighted by atomic mass is 9.71. The van der Waals surface area contributed by atoms with Crippen molar-refractivity contribution >= 4 is 27.5 Å². The summed E-state index contributed by atoms with van der Waals surface area (Å²) in [5.41, 5.74) is 4.01. The Morgan fingerprint density at radius 1 is 1.11 bits per heavy atom. The number of nitrogens with one attached hydrogen (secondary N) is 1. The first kappa shape index (κ1) is 17.7. The molecular formula is C22H19BrN2O2. The molecule has 1 aliphatic heterocycles. The van der Waals surface area contributed by atoms with Crippen molar-refractivity contribution in [2.24, 2.45) is 0 Å². The number of carbonyl (C=O) groups is 1. The number of amides is 1. The number of phenolic OH excluding ortho intramolecular Hbond substituents is 1. The molecule has 2 aromatic carbocycles. The highest BCUT2D eigenvalue weighted by Crippen LogP contribution is 2.47. The molecule has 0 radical (unpaired) electrons. The number of pyridine rings is 1. The first-order chi connectivity index (χ1) is 12.9. The maximum absolute atomic E-state index is 13.4. The standard InChI is InChI=1S/C22H19BrN2O2/c1-13-9-15(10-14(2)20(13)26)22(12-17-5-3-4-8-24-17)18-11-16(23)6-7-19(18)25-21(22)27/h3-11,26H,12H2,1-2H3,(H,25,27). The van der Waals surface area contributed by atoms with Crippen LogP contribution in [0.15, 0.2) is 59.2 Å². The van der Waals surface area contributed by atoms with Crippen LogP contribution in [0.2, 0.25) is 0 Å². The van der Waals surface area contributed by atoms with Crippen LogP contribution in [0.4, 0.5) is 5.69 Å². The number of aromatic hydroxyl groups is 1. The molecule has 1 aromatic heterocycles. The summed E-state index contributed by atoms with van der Waals surface area (Å²) in [5, 5.41) is 13.3. The van der Waals surface area contributed by atoms with E-state index in [1.54, 1.807) is 6.20 Å². The zero-order chi connectivity index (χ0) is 19.2. The first-order valence-electron chi connectivity index (χ1n) is 8.74. The van der Waals surface area contributed by atoms with Crippen LogP contribution in [0.3, 0.4) is 0 Å². The highest BCUT2D eigenvalue weighted by atomic mass is 79.9. The Morgan fingerprint density at radius 3 is 2.52 bits per heavy atom. The van der Waals surface area contributed by atoms with Crippen LogP contribution in [0.5, 0.6) is 5.75 Å². The molecule has 4 nitrogen and oxygen atoms in total. The molecule has 0 spiro atoms. The van der Waals surface area contributed by atoms with Gasteiger partial charge in [-0.3, -0.25) is 9.78 Å². The number of benzene rings is 2. The van der Waals surface area contributed by atoms with Gasteiger partial charge in [0.25, 0.3) is 0 Å². The van der Waals surface area contributed by atoms with Gasteiger partial charge in [-0.1, -0.05) is 34.1 Å². The van der Waals surface area contributed by atoms with Gasteiger partial charge in [-0.2, -0.15) is 0 Å².